The van der Waals surface area contributed by atoms with Crippen molar-refractivity contribution in [2.75, 3.05) is 13.2 Å². The van der Waals surface area contributed by atoms with Crippen molar-refractivity contribution in [2.45, 2.75) is 23.8 Å². The number of ether oxygens (including phenoxy) is 1. The molecule has 94 valence electrons. The van der Waals surface area contributed by atoms with Crippen LogP contribution in [0.25, 0.3) is 0 Å². The summed E-state index contributed by atoms with van der Waals surface area (Å²) in [5, 5.41) is 9.11. The summed E-state index contributed by atoms with van der Waals surface area (Å²) in [5.74, 6) is 0.0462. The quantitative estimate of drug-likeness (QED) is 0.841. The summed E-state index contributed by atoms with van der Waals surface area (Å²) >= 11 is 0. The van der Waals surface area contributed by atoms with E-state index in [0.29, 0.717) is 13.2 Å². The Balaban J connectivity index is 2.10. The summed E-state index contributed by atoms with van der Waals surface area (Å²) in [6, 6.07) is 5.29. The number of hydrogen-bond acceptors (Lipinski definition) is 4. The Bertz CT molecular complexity index is 463. The van der Waals surface area contributed by atoms with E-state index < -0.39 is 10.0 Å². The second-order valence-electron chi connectivity index (χ2n) is 4.03. The number of aromatic hydroxyl groups is 1. The molecule has 1 heterocycles. The predicted octanol–water partition coefficient (Wildman–Crippen LogP) is 0.849. The van der Waals surface area contributed by atoms with E-state index >= 15 is 0 Å². The molecule has 1 aromatic carbocycles. The lowest BCUT2D eigenvalue weighted by atomic mass is 10.1. The van der Waals surface area contributed by atoms with Crippen molar-refractivity contribution in [3.63, 3.8) is 0 Å². The zero-order valence-electron chi connectivity index (χ0n) is 9.30. The molecule has 2 N–H and O–H groups in total. The first-order chi connectivity index (χ1) is 8.08. The molecule has 5 nitrogen and oxygen atoms in total. The predicted molar refractivity (Wildman–Crippen MR) is 62.3 cm³/mol. The van der Waals surface area contributed by atoms with Crippen LogP contribution in [-0.4, -0.2) is 32.8 Å². The highest BCUT2D eigenvalue weighted by molar-refractivity contribution is 7.89. The van der Waals surface area contributed by atoms with E-state index in [0.717, 1.165) is 12.8 Å². The van der Waals surface area contributed by atoms with Gasteiger partial charge in [0.25, 0.3) is 0 Å². The van der Waals surface area contributed by atoms with Crippen LogP contribution in [0, 0.1) is 0 Å². The smallest absolute Gasteiger partial charge is 0.240 e. The van der Waals surface area contributed by atoms with E-state index in [2.05, 4.69) is 4.72 Å². The maximum atomic E-state index is 12.0. The van der Waals surface area contributed by atoms with Gasteiger partial charge in [-0.2, -0.15) is 0 Å². The minimum absolute atomic E-state index is 0.0462. The minimum atomic E-state index is -3.52. The fourth-order valence-electron chi connectivity index (χ4n) is 1.75. The summed E-state index contributed by atoms with van der Waals surface area (Å²) < 4.78 is 31.7. The molecule has 6 heteroatoms. The van der Waals surface area contributed by atoms with Crippen LogP contribution in [0.1, 0.15) is 12.8 Å². The summed E-state index contributed by atoms with van der Waals surface area (Å²) in [4.78, 5) is 0.154. The average Bonchev–Trinajstić information content (AvgIpc) is 2.30. The molecule has 1 fully saturated rings. The molecule has 1 aliphatic heterocycles. The van der Waals surface area contributed by atoms with Crippen LogP contribution in [0.4, 0.5) is 0 Å². The van der Waals surface area contributed by atoms with Gasteiger partial charge < -0.3 is 9.84 Å². The lowest BCUT2D eigenvalue weighted by molar-refractivity contribution is 0.0774. The van der Waals surface area contributed by atoms with Crippen LogP contribution in [0.3, 0.4) is 0 Å². The van der Waals surface area contributed by atoms with E-state index in [1.807, 2.05) is 0 Å². The summed E-state index contributed by atoms with van der Waals surface area (Å²) in [7, 11) is -3.52. The van der Waals surface area contributed by atoms with Crippen LogP contribution >= 0.6 is 0 Å². The maximum Gasteiger partial charge on any atom is 0.240 e. The van der Waals surface area contributed by atoms with Gasteiger partial charge in [-0.3, -0.25) is 0 Å². The molecule has 2 rings (SSSR count). The van der Waals surface area contributed by atoms with Gasteiger partial charge in [-0.05, 0) is 37.1 Å². The number of benzene rings is 1. The van der Waals surface area contributed by atoms with Gasteiger partial charge in [-0.1, -0.05) is 0 Å². The van der Waals surface area contributed by atoms with Crippen molar-refractivity contribution in [3.8, 4) is 5.75 Å². The third-order valence-corrected chi connectivity index (χ3v) is 4.17. The number of phenols is 1. The summed E-state index contributed by atoms with van der Waals surface area (Å²) in [5.41, 5.74) is 0. The molecular weight excluding hydrogens is 242 g/mol. The average molecular weight is 257 g/mol. The Hall–Kier alpha value is -1.11. The molecule has 0 aromatic heterocycles. The van der Waals surface area contributed by atoms with Gasteiger partial charge in [0.1, 0.15) is 5.75 Å². The van der Waals surface area contributed by atoms with Gasteiger partial charge in [-0.15, -0.1) is 0 Å². The number of phenolic OH excluding ortho intramolecular Hbond substituents is 1. The molecule has 17 heavy (non-hydrogen) atoms. The van der Waals surface area contributed by atoms with Crippen molar-refractivity contribution in [3.05, 3.63) is 24.3 Å². The van der Waals surface area contributed by atoms with Gasteiger partial charge in [0.15, 0.2) is 0 Å². The normalized spacial score (nSPS) is 21.3. The van der Waals surface area contributed by atoms with Crippen molar-refractivity contribution in [1.82, 2.24) is 4.72 Å². The molecule has 0 amide bonds. The van der Waals surface area contributed by atoms with Crippen molar-refractivity contribution in [2.24, 2.45) is 0 Å². The Morgan fingerprint density at radius 1 is 1.29 bits per heavy atom. The molecule has 1 atom stereocenters. The van der Waals surface area contributed by atoms with Crippen LogP contribution in [-0.2, 0) is 14.8 Å². The van der Waals surface area contributed by atoms with Gasteiger partial charge in [0, 0.05) is 12.6 Å². The van der Waals surface area contributed by atoms with Gasteiger partial charge >= 0.3 is 0 Å². The Morgan fingerprint density at radius 2 is 2.00 bits per heavy atom. The van der Waals surface area contributed by atoms with Gasteiger partial charge in [-0.25, -0.2) is 13.1 Å². The molecule has 0 radical (unpaired) electrons. The minimum Gasteiger partial charge on any atom is -0.508 e. The van der Waals surface area contributed by atoms with Crippen LogP contribution in [0.5, 0.6) is 5.75 Å². The molecular formula is C11H15NO4S. The highest BCUT2D eigenvalue weighted by Crippen LogP contribution is 2.16. The van der Waals surface area contributed by atoms with Crippen molar-refractivity contribution < 1.29 is 18.3 Å². The maximum absolute atomic E-state index is 12.0. The third kappa shape index (κ3) is 3.18. The van der Waals surface area contributed by atoms with Gasteiger partial charge in [0.05, 0.1) is 11.5 Å². The summed E-state index contributed by atoms with van der Waals surface area (Å²) in [6.45, 7) is 1.11. The Morgan fingerprint density at radius 3 is 2.59 bits per heavy atom. The van der Waals surface area contributed by atoms with E-state index in [-0.39, 0.29) is 16.7 Å². The standard InChI is InChI=1S/C11H15NO4S/c13-10-3-5-11(6-4-10)17(14,15)12-9-2-1-7-16-8-9/h3-6,9,12-13H,1-2,7-8H2. The van der Waals surface area contributed by atoms with E-state index in [4.69, 9.17) is 9.84 Å². The molecule has 0 spiro atoms. The zero-order valence-corrected chi connectivity index (χ0v) is 10.1. The first-order valence-electron chi connectivity index (χ1n) is 5.47. The first-order valence-corrected chi connectivity index (χ1v) is 6.95. The molecule has 1 unspecified atom stereocenters. The number of sulfonamides is 1. The topological polar surface area (TPSA) is 75.6 Å². The number of hydrogen-bond donors (Lipinski definition) is 2. The van der Waals surface area contributed by atoms with Gasteiger partial charge in [0.2, 0.25) is 10.0 Å². The SMILES string of the molecule is O=S(=O)(NC1CCCOC1)c1ccc(O)cc1. The molecule has 0 aliphatic carbocycles. The molecule has 0 saturated carbocycles. The third-order valence-electron chi connectivity index (χ3n) is 2.63. The van der Waals surface area contributed by atoms with Crippen LogP contribution in [0.2, 0.25) is 0 Å². The fraction of sp³-hybridized carbons (Fsp3) is 0.455. The van der Waals surface area contributed by atoms with Crippen LogP contribution in [0.15, 0.2) is 29.2 Å². The van der Waals surface area contributed by atoms with E-state index in [9.17, 15) is 8.42 Å². The first kappa shape index (κ1) is 12.3. The molecule has 1 aromatic rings. The van der Waals surface area contributed by atoms with Crippen LogP contribution < -0.4 is 4.72 Å². The Labute approximate surface area is 100 Å². The summed E-state index contributed by atoms with van der Waals surface area (Å²) in [6.07, 6.45) is 1.65. The molecule has 1 saturated heterocycles. The molecule has 0 bridgehead atoms. The zero-order chi connectivity index (χ0) is 12.3. The largest absolute Gasteiger partial charge is 0.508 e. The van der Waals surface area contributed by atoms with Crippen molar-refractivity contribution in [1.29, 1.82) is 0 Å². The second-order valence-corrected chi connectivity index (χ2v) is 5.74. The lowest BCUT2D eigenvalue weighted by Crippen LogP contribution is -2.40. The monoisotopic (exact) mass is 257 g/mol. The highest BCUT2D eigenvalue weighted by atomic mass is 32.2. The van der Waals surface area contributed by atoms with E-state index in [1.165, 1.54) is 24.3 Å². The van der Waals surface area contributed by atoms with Crippen molar-refractivity contribution >= 4 is 10.0 Å². The van der Waals surface area contributed by atoms with E-state index in [1.54, 1.807) is 0 Å². The fourth-order valence-corrected chi connectivity index (χ4v) is 3.00. The Kier molecular flexibility index (Phi) is 3.66. The lowest BCUT2D eigenvalue weighted by Gasteiger charge is -2.22. The number of rotatable bonds is 3. The molecule has 1 aliphatic rings. The highest BCUT2D eigenvalue weighted by Gasteiger charge is 2.21. The second kappa shape index (κ2) is 5.03. The number of nitrogens with one attached hydrogen (secondary N) is 1.